The van der Waals surface area contributed by atoms with E-state index < -0.39 is 0 Å². The lowest BCUT2D eigenvalue weighted by molar-refractivity contribution is 0.103. The number of carbonyl (C=O) groups excluding carboxylic acids is 1. The Balaban J connectivity index is 2.16. The zero-order chi connectivity index (χ0) is 15.6. The van der Waals surface area contributed by atoms with E-state index in [2.05, 4.69) is 31.5 Å². The van der Waals surface area contributed by atoms with Gasteiger partial charge in [0.1, 0.15) is 10.7 Å². The number of nitrogens with two attached hydrogens (primary N) is 1. The van der Waals surface area contributed by atoms with Gasteiger partial charge in [-0.3, -0.25) is 4.79 Å². The Kier molecular flexibility index (Phi) is 4.84. The molecule has 1 heterocycles. The first-order valence-corrected chi connectivity index (χ1v) is 8.08. The monoisotopic (exact) mass is 368 g/mol. The molecular weight excluding hydrogens is 352 g/mol. The molecule has 0 aliphatic rings. The number of amides is 1. The molecule has 7 heteroatoms. The third-order valence-electron chi connectivity index (χ3n) is 2.70. The fraction of sp³-hybridized carbons (Fsp3) is 0.286. The molecule has 0 radical (unpaired) electrons. The summed E-state index contributed by atoms with van der Waals surface area (Å²) in [4.78, 5) is 16.8. The minimum absolute atomic E-state index is 0.236. The number of nitrogen functional groups attached to an aromatic ring is 1. The number of anilines is 3. The molecule has 0 atom stereocenters. The Bertz CT molecular complexity index is 669. The lowest BCUT2D eigenvalue weighted by Gasteiger charge is -2.06. The number of aromatic nitrogens is 1. The average molecular weight is 369 g/mol. The van der Waals surface area contributed by atoms with E-state index in [0.29, 0.717) is 15.7 Å². The number of rotatable bonds is 4. The second-order valence-corrected chi connectivity index (χ2v) is 6.80. The number of thiazole rings is 1. The van der Waals surface area contributed by atoms with Crippen LogP contribution in [0.15, 0.2) is 22.7 Å². The minimum atomic E-state index is -0.252. The fourth-order valence-electron chi connectivity index (χ4n) is 1.66. The number of carbonyl (C=O) groups is 1. The highest BCUT2D eigenvalue weighted by Gasteiger charge is 2.17. The molecule has 1 aromatic carbocycles. The van der Waals surface area contributed by atoms with Gasteiger partial charge in [-0.2, -0.15) is 0 Å². The standard InChI is InChI=1S/C14H17BrN4OS/c1-7(2)17-14-19-12(16)11(21-14)13(20)18-9-5-4-8(3)10(15)6-9/h4-7H,16H2,1-3H3,(H,17,19)(H,18,20). The van der Waals surface area contributed by atoms with E-state index in [1.165, 1.54) is 11.3 Å². The van der Waals surface area contributed by atoms with Crippen molar-refractivity contribution in [1.82, 2.24) is 4.98 Å². The number of nitrogens with one attached hydrogen (secondary N) is 2. The number of benzene rings is 1. The molecule has 1 aromatic heterocycles. The molecule has 2 rings (SSSR count). The topological polar surface area (TPSA) is 80.0 Å². The van der Waals surface area contributed by atoms with Gasteiger partial charge in [-0.05, 0) is 38.5 Å². The van der Waals surface area contributed by atoms with Gasteiger partial charge in [-0.1, -0.05) is 33.3 Å². The summed E-state index contributed by atoms with van der Waals surface area (Å²) in [6, 6.07) is 5.88. The Morgan fingerprint density at radius 2 is 2.14 bits per heavy atom. The van der Waals surface area contributed by atoms with Gasteiger partial charge in [0.05, 0.1) is 0 Å². The van der Waals surface area contributed by atoms with Crippen molar-refractivity contribution in [3.05, 3.63) is 33.1 Å². The zero-order valence-electron chi connectivity index (χ0n) is 12.0. The Morgan fingerprint density at radius 1 is 1.43 bits per heavy atom. The molecule has 112 valence electrons. The Morgan fingerprint density at radius 3 is 2.76 bits per heavy atom. The molecule has 21 heavy (non-hydrogen) atoms. The third kappa shape index (κ3) is 3.95. The number of halogens is 1. The molecule has 5 nitrogen and oxygen atoms in total. The van der Waals surface area contributed by atoms with E-state index >= 15 is 0 Å². The van der Waals surface area contributed by atoms with Crippen LogP contribution in [-0.4, -0.2) is 16.9 Å². The summed E-state index contributed by atoms with van der Waals surface area (Å²) in [5, 5.41) is 6.62. The number of aryl methyl sites for hydroxylation is 1. The van der Waals surface area contributed by atoms with E-state index in [1.807, 2.05) is 39.0 Å². The van der Waals surface area contributed by atoms with Crippen molar-refractivity contribution in [2.45, 2.75) is 26.8 Å². The van der Waals surface area contributed by atoms with Crippen molar-refractivity contribution in [2.75, 3.05) is 16.4 Å². The maximum atomic E-state index is 12.3. The van der Waals surface area contributed by atoms with Crippen LogP contribution in [-0.2, 0) is 0 Å². The van der Waals surface area contributed by atoms with Gasteiger partial charge < -0.3 is 16.4 Å². The molecule has 0 saturated heterocycles. The van der Waals surface area contributed by atoms with Gasteiger partial charge in [0, 0.05) is 16.2 Å². The molecule has 0 bridgehead atoms. The number of nitrogens with zero attached hydrogens (tertiary/aromatic N) is 1. The molecule has 0 aliphatic carbocycles. The second kappa shape index (κ2) is 6.44. The molecule has 4 N–H and O–H groups in total. The molecule has 2 aromatic rings. The first kappa shape index (κ1) is 15.8. The van der Waals surface area contributed by atoms with E-state index in [1.54, 1.807) is 0 Å². The van der Waals surface area contributed by atoms with E-state index in [4.69, 9.17) is 5.73 Å². The summed E-state index contributed by atoms with van der Waals surface area (Å²) in [7, 11) is 0. The van der Waals surface area contributed by atoms with Crippen LogP contribution in [0.4, 0.5) is 16.6 Å². The van der Waals surface area contributed by atoms with Crippen molar-refractivity contribution >= 4 is 49.8 Å². The van der Waals surface area contributed by atoms with Gasteiger partial charge >= 0.3 is 0 Å². The summed E-state index contributed by atoms with van der Waals surface area (Å²) in [6.45, 7) is 5.99. The molecule has 0 fully saturated rings. The van der Waals surface area contributed by atoms with Gasteiger partial charge in [-0.25, -0.2) is 4.98 Å². The van der Waals surface area contributed by atoms with Crippen LogP contribution in [0.3, 0.4) is 0 Å². The molecule has 0 saturated carbocycles. The van der Waals surface area contributed by atoms with Gasteiger partial charge in [0.25, 0.3) is 5.91 Å². The summed E-state index contributed by atoms with van der Waals surface area (Å²) < 4.78 is 0.944. The van der Waals surface area contributed by atoms with Crippen molar-refractivity contribution in [3.8, 4) is 0 Å². The minimum Gasteiger partial charge on any atom is -0.382 e. The molecule has 1 amide bonds. The van der Waals surface area contributed by atoms with Crippen molar-refractivity contribution in [1.29, 1.82) is 0 Å². The first-order chi connectivity index (χ1) is 9.86. The van der Waals surface area contributed by atoms with Crippen LogP contribution in [0.1, 0.15) is 29.1 Å². The summed E-state index contributed by atoms with van der Waals surface area (Å²) in [5.74, 6) is -0.00983. The fourth-order valence-corrected chi connectivity index (χ4v) is 2.97. The van der Waals surface area contributed by atoms with E-state index in [-0.39, 0.29) is 17.8 Å². The SMILES string of the molecule is Cc1ccc(NC(=O)c2sc(NC(C)C)nc2N)cc1Br. The van der Waals surface area contributed by atoms with Gasteiger partial charge in [0.15, 0.2) is 5.13 Å². The lowest BCUT2D eigenvalue weighted by Crippen LogP contribution is -2.12. The van der Waals surface area contributed by atoms with Crippen LogP contribution in [0.5, 0.6) is 0 Å². The van der Waals surface area contributed by atoms with Gasteiger partial charge in [0.2, 0.25) is 0 Å². The summed E-state index contributed by atoms with van der Waals surface area (Å²) in [5.41, 5.74) is 7.63. The van der Waals surface area contributed by atoms with Crippen molar-refractivity contribution in [3.63, 3.8) is 0 Å². The predicted molar refractivity (Wildman–Crippen MR) is 92.1 cm³/mol. The van der Waals surface area contributed by atoms with Crippen LogP contribution in [0, 0.1) is 6.92 Å². The average Bonchev–Trinajstić information content (AvgIpc) is 2.74. The lowest BCUT2D eigenvalue weighted by atomic mass is 10.2. The van der Waals surface area contributed by atoms with Crippen LogP contribution >= 0.6 is 27.3 Å². The smallest absolute Gasteiger partial charge is 0.269 e. The highest BCUT2D eigenvalue weighted by molar-refractivity contribution is 9.10. The predicted octanol–water partition coefficient (Wildman–Crippen LogP) is 3.87. The molecular formula is C14H17BrN4OS. The second-order valence-electron chi connectivity index (χ2n) is 4.95. The third-order valence-corrected chi connectivity index (χ3v) is 4.56. The van der Waals surface area contributed by atoms with Crippen LogP contribution in [0.25, 0.3) is 0 Å². The Labute approximate surface area is 136 Å². The number of hydrogen-bond donors (Lipinski definition) is 3. The summed E-state index contributed by atoms with van der Waals surface area (Å²) in [6.07, 6.45) is 0. The Hall–Kier alpha value is -1.60. The largest absolute Gasteiger partial charge is 0.382 e. The first-order valence-electron chi connectivity index (χ1n) is 6.47. The van der Waals surface area contributed by atoms with Crippen LogP contribution < -0.4 is 16.4 Å². The zero-order valence-corrected chi connectivity index (χ0v) is 14.4. The van der Waals surface area contributed by atoms with Gasteiger partial charge in [-0.15, -0.1) is 0 Å². The van der Waals surface area contributed by atoms with Crippen LogP contribution in [0.2, 0.25) is 0 Å². The van der Waals surface area contributed by atoms with E-state index in [9.17, 15) is 4.79 Å². The molecule has 0 unspecified atom stereocenters. The van der Waals surface area contributed by atoms with Crippen molar-refractivity contribution in [2.24, 2.45) is 0 Å². The molecule has 0 aliphatic heterocycles. The maximum absolute atomic E-state index is 12.3. The normalized spacial score (nSPS) is 10.7. The summed E-state index contributed by atoms with van der Waals surface area (Å²) >= 11 is 4.69. The number of hydrogen-bond acceptors (Lipinski definition) is 5. The van der Waals surface area contributed by atoms with E-state index in [0.717, 1.165) is 10.0 Å². The highest BCUT2D eigenvalue weighted by Crippen LogP contribution is 2.27. The highest BCUT2D eigenvalue weighted by atomic mass is 79.9. The van der Waals surface area contributed by atoms with Crippen molar-refractivity contribution < 1.29 is 4.79 Å². The maximum Gasteiger partial charge on any atom is 0.269 e. The molecule has 0 spiro atoms. The quantitative estimate of drug-likeness (QED) is 0.764.